The molecule has 0 radical (unpaired) electrons. The minimum Gasteiger partial charge on any atom is -0.481 e. The van der Waals surface area contributed by atoms with Crippen LogP contribution in [-0.4, -0.2) is 12.0 Å². The van der Waals surface area contributed by atoms with Gasteiger partial charge >= 0.3 is 0 Å². The molecular weight excluding hydrogens is 286 g/mol. The number of amides is 1. The molecule has 0 heterocycles. The van der Waals surface area contributed by atoms with Crippen LogP contribution < -0.4 is 10.1 Å². The number of rotatable bonds is 4. The maximum atomic E-state index is 12.3. The molecule has 0 saturated carbocycles. The molecule has 0 spiro atoms. The van der Waals surface area contributed by atoms with Gasteiger partial charge in [0.05, 0.1) is 0 Å². The average Bonchev–Trinajstić information content (AvgIpc) is 2.56. The van der Waals surface area contributed by atoms with E-state index in [1.807, 2.05) is 73.7 Å². The highest BCUT2D eigenvalue weighted by Gasteiger charge is 2.15. The van der Waals surface area contributed by atoms with Crippen LogP contribution in [0.4, 0.5) is 5.69 Å². The Bertz CT molecular complexity index is 842. The van der Waals surface area contributed by atoms with E-state index in [2.05, 4.69) is 5.32 Å². The first-order valence-corrected chi connectivity index (χ1v) is 7.65. The van der Waals surface area contributed by atoms with Crippen LogP contribution in [-0.2, 0) is 4.79 Å². The predicted octanol–water partition coefficient (Wildman–Crippen LogP) is 4.55. The Morgan fingerprint density at radius 1 is 0.957 bits per heavy atom. The molecule has 0 bridgehead atoms. The smallest absolute Gasteiger partial charge is 0.265 e. The number of para-hydroxylation sites is 1. The number of nitrogens with one attached hydrogen (secondary N) is 1. The highest BCUT2D eigenvalue weighted by molar-refractivity contribution is 5.94. The number of ether oxygens (including phenoxy) is 1. The van der Waals surface area contributed by atoms with Crippen molar-refractivity contribution < 1.29 is 9.53 Å². The van der Waals surface area contributed by atoms with Gasteiger partial charge in [-0.1, -0.05) is 48.5 Å². The van der Waals surface area contributed by atoms with Crippen molar-refractivity contribution in [2.24, 2.45) is 0 Å². The van der Waals surface area contributed by atoms with Crippen molar-refractivity contribution >= 4 is 22.4 Å². The summed E-state index contributed by atoms with van der Waals surface area (Å²) in [6.45, 7) is 3.72. The second-order valence-corrected chi connectivity index (χ2v) is 5.57. The molecule has 0 aliphatic heterocycles. The molecule has 0 aliphatic carbocycles. The summed E-state index contributed by atoms with van der Waals surface area (Å²) in [5, 5.41) is 5.15. The highest BCUT2D eigenvalue weighted by atomic mass is 16.5. The number of carbonyl (C=O) groups excluding carboxylic acids is 1. The zero-order valence-corrected chi connectivity index (χ0v) is 13.2. The van der Waals surface area contributed by atoms with Crippen molar-refractivity contribution in [3.63, 3.8) is 0 Å². The number of hydrogen-bond acceptors (Lipinski definition) is 2. The molecule has 3 nitrogen and oxygen atoms in total. The summed E-state index contributed by atoms with van der Waals surface area (Å²) >= 11 is 0. The second-order valence-electron chi connectivity index (χ2n) is 5.57. The van der Waals surface area contributed by atoms with Crippen LogP contribution in [0, 0.1) is 6.92 Å². The molecule has 3 heteroatoms. The van der Waals surface area contributed by atoms with Crippen LogP contribution in [0.5, 0.6) is 5.75 Å². The summed E-state index contributed by atoms with van der Waals surface area (Å²) in [6, 6.07) is 21.6. The molecule has 0 saturated heterocycles. The Kier molecular flexibility index (Phi) is 4.29. The number of anilines is 1. The highest BCUT2D eigenvalue weighted by Crippen LogP contribution is 2.22. The molecule has 0 aliphatic rings. The number of hydrogen-bond donors (Lipinski definition) is 1. The molecule has 3 aromatic rings. The van der Waals surface area contributed by atoms with Gasteiger partial charge in [0.2, 0.25) is 0 Å². The van der Waals surface area contributed by atoms with Crippen LogP contribution in [0.25, 0.3) is 10.8 Å². The molecule has 0 fully saturated rings. The fourth-order valence-corrected chi connectivity index (χ4v) is 2.45. The van der Waals surface area contributed by atoms with E-state index in [4.69, 9.17) is 4.74 Å². The maximum absolute atomic E-state index is 12.3. The molecule has 3 rings (SSSR count). The van der Waals surface area contributed by atoms with Crippen molar-refractivity contribution in [3.8, 4) is 5.75 Å². The van der Waals surface area contributed by atoms with Crippen molar-refractivity contribution in [1.82, 2.24) is 0 Å². The van der Waals surface area contributed by atoms with Crippen LogP contribution >= 0.6 is 0 Å². The Morgan fingerprint density at radius 3 is 2.43 bits per heavy atom. The van der Waals surface area contributed by atoms with Gasteiger partial charge in [-0.2, -0.15) is 0 Å². The van der Waals surface area contributed by atoms with Gasteiger partial charge in [-0.05, 0) is 48.4 Å². The quantitative estimate of drug-likeness (QED) is 0.767. The van der Waals surface area contributed by atoms with E-state index >= 15 is 0 Å². The normalized spacial score (nSPS) is 11.9. The fourth-order valence-electron chi connectivity index (χ4n) is 2.45. The van der Waals surface area contributed by atoms with Gasteiger partial charge in [0, 0.05) is 5.69 Å². The molecular formula is C20H19NO2. The SMILES string of the molecule is Cc1ccccc1NC(=O)[C@H](C)Oc1ccc2ccccc2c1. The molecule has 0 unspecified atom stereocenters. The molecule has 3 aromatic carbocycles. The van der Waals surface area contributed by atoms with Crippen molar-refractivity contribution in [2.45, 2.75) is 20.0 Å². The van der Waals surface area contributed by atoms with Crippen molar-refractivity contribution in [1.29, 1.82) is 0 Å². The number of benzene rings is 3. The summed E-state index contributed by atoms with van der Waals surface area (Å²) in [7, 11) is 0. The Hall–Kier alpha value is -2.81. The van der Waals surface area contributed by atoms with Gasteiger partial charge in [-0.15, -0.1) is 0 Å². The number of carbonyl (C=O) groups is 1. The Balaban J connectivity index is 1.71. The maximum Gasteiger partial charge on any atom is 0.265 e. The van der Waals surface area contributed by atoms with E-state index in [0.717, 1.165) is 22.0 Å². The van der Waals surface area contributed by atoms with Gasteiger partial charge in [0.1, 0.15) is 5.75 Å². The summed E-state index contributed by atoms with van der Waals surface area (Å²) in [5.41, 5.74) is 1.84. The van der Waals surface area contributed by atoms with Gasteiger partial charge in [-0.25, -0.2) is 0 Å². The van der Waals surface area contributed by atoms with Gasteiger partial charge in [-0.3, -0.25) is 4.79 Å². The zero-order chi connectivity index (χ0) is 16.2. The van der Waals surface area contributed by atoms with Crippen molar-refractivity contribution in [3.05, 3.63) is 72.3 Å². The van der Waals surface area contributed by atoms with E-state index in [0.29, 0.717) is 5.75 Å². The van der Waals surface area contributed by atoms with E-state index in [-0.39, 0.29) is 5.91 Å². The third-order valence-corrected chi connectivity index (χ3v) is 3.81. The molecule has 116 valence electrons. The lowest BCUT2D eigenvalue weighted by atomic mass is 10.1. The van der Waals surface area contributed by atoms with Gasteiger partial charge in [0.25, 0.3) is 5.91 Å². The monoisotopic (exact) mass is 305 g/mol. The first-order chi connectivity index (χ1) is 11.1. The molecule has 1 amide bonds. The predicted molar refractivity (Wildman–Crippen MR) is 93.8 cm³/mol. The molecule has 23 heavy (non-hydrogen) atoms. The average molecular weight is 305 g/mol. The van der Waals surface area contributed by atoms with Crippen LogP contribution in [0.15, 0.2) is 66.7 Å². The van der Waals surface area contributed by atoms with Crippen LogP contribution in [0.2, 0.25) is 0 Å². The first-order valence-electron chi connectivity index (χ1n) is 7.65. The van der Waals surface area contributed by atoms with Crippen molar-refractivity contribution in [2.75, 3.05) is 5.32 Å². The minimum atomic E-state index is -0.573. The lowest BCUT2D eigenvalue weighted by molar-refractivity contribution is -0.122. The largest absolute Gasteiger partial charge is 0.481 e. The third kappa shape index (κ3) is 3.51. The van der Waals surface area contributed by atoms with E-state index in [1.165, 1.54) is 0 Å². The lowest BCUT2D eigenvalue weighted by Gasteiger charge is -2.16. The van der Waals surface area contributed by atoms with Crippen LogP contribution in [0.1, 0.15) is 12.5 Å². The van der Waals surface area contributed by atoms with Gasteiger partial charge in [0.15, 0.2) is 6.10 Å². The van der Waals surface area contributed by atoms with Crippen LogP contribution in [0.3, 0.4) is 0 Å². The summed E-state index contributed by atoms with van der Waals surface area (Å²) < 4.78 is 5.78. The lowest BCUT2D eigenvalue weighted by Crippen LogP contribution is -2.30. The Morgan fingerprint density at radius 2 is 1.65 bits per heavy atom. The summed E-state index contributed by atoms with van der Waals surface area (Å²) in [4.78, 5) is 12.3. The summed E-state index contributed by atoms with van der Waals surface area (Å²) in [6.07, 6.45) is -0.573. The molecule has 1 atom stereocenters. The fraction of sp³-hybridized carbons (Fsp3) is 0.150. The standard InChI is InChI=1S/C20H19NO2/c1-14-7-3-6-10-19(14)21-20(22)15(2)23-18-12-11-16-8-4-5-9-17(16)13-18/h3-13,15H,1-2H3,(H,21,22)/t15-/m0/s1. The van der Waals surface area contributed by atoms with Gasteiger partial charge < -0.3 is 10.1 Å². The Labute approximate surface area is 135 Å². The summed E-state index contributed by atoms with van der Waals surface area (Å²) in [5.74, 6) is 0.531. The molecule has 1 N–H and O–H groups in total. The first kappa shape index (κ1) is 15.1. The van der Waals surface area contributed by atoms with E-state index in [9.17, 15) is 4.79 Å². The second kappa shape index (κ2) is 6.53. The third-order valence-electron chi connectivity index (χ3n) is 3.81. The van der Waals surface area contributed by atoms with E-state index < -0.39 is 6.10 Å². The topological polar surface area (TPSA) is 38.3 Å². The zero-order valence-electron chi connectivity index (χ0n) is 13.2. The number of aryl methyl sites for hydroxylation is 1. The van der Waals surface area contributed by atoms with E-state index in [1.54, 1.807) is 6.92 Å². The number of fused-ring (bicyclic) bond motifs is 1. The molecule has 0 aromatic heterocycles. The minimum absolute atomic E-state index is 0.160.